The van der Waals surface area contributed by atoms with Crippen molar-refractivity contribution in [3.8, 4) is 23.0 Å². The van der Waals surface area contributed by atoms with E-state index in [1.54, 1.807) is 40.4 Å². The van der Waals surface area contributed by atoms with Crippen LogP contribution in [0.4, 0.5) is 0 Å². The van der Waals surface area contributed by atoms with Crippen LogP contribution >= 0.6 is 11.8 Å². The molecule has 0 aliphatic carbocycles. The second-order valence-electron chi connectivity index (χ2n) is 14.9. The maximum atomic E-state index is 14.2. The molecule has 9 nitrogen and oxygen atoms in total. The first-order valence-corrected chi connectivity index (χ1v) is 18.6. The molecule has 0 bridgehead atoms. The van der Waals surface area contributed by atoms with Gasteiger partial charge in [-0.2, -0.15) is 0 Å². The number of hydrogen-bond acceptors (Lipinski definition) is 9. The highest BCUT2D eigenvalue weighted by molar-refractivity contribution is 8.13. The Labute approximate surface area is 304 Å². The topological polar surface area (TPSA) is 109 Å². The van der Waals surface area contributed by atoms with Crippen LogP contribution in [-0.2, 0) is 31.3 Å². The van der Waals surface area contributed by atoms with Crippen molar-refractivity contribution in [2.75, 3.05) is 21.3 Å². The van der Waals surface area contributed by atoms with E-state index in [1.807, 2.05) is 72.7 Å². The van der Waals surface area contributed by atoms with Crippen molar-refractivity contribution in [1.82, 2.24) is 5.32 Å². The van der Waals surface area contributed by atoms with E-state index in [0.29, 0.717) is 29.2 Å². The molecule has 0 aliphatic rings. The number of Topliss-reactive ketones (excluding diaryl/α,β-unsaturated/α-hetero) is 1. The third-order valence-corrected chi connectivity index (χ3v) is 9.15. The first kappa shape index (κ1) is 42.9. The Balaban J connectivity index is 2.39. The number of thioether (sulfide) groups is 1. The van der Waals surface area contributed by atoms with Crippen LogP contribution in [0.5, 0.6) is 23.0 Å². The van der Waals surface area contributed by atoms with Gasteiger partial charge in [-0.1, -0.05) is 57.0 Å². The normalized spacial score (nSPS) is 14.2. The fourth-order valence-electron chi connectivity index (χ4n) is 5.61. The van der Waals surface area contributed by atoms with Crippen LogP contribution in [0, 0.1) is 11.8 Å². The van der Waals surface area contributed by atoms with Gasteiger partial charge in [-0.25, -0.2) is 0 Å². The number of amides is 1. The third-order valence-electron chi connectivity index (χ3n) is 8.17. The second kappa shape index (κ2) is 20.0. The first-order valence-electron chi connectivity index (χ1n) is 17.7. The Morgan fingerprint density at radius 3 is 1.92 bits per heavy atom. The van der Waals surface area contributed by atoms with Gasteiger partial charge in [-0.05, 0) is 79.0 Å². The monoisotopic (exact) mass is 715 g/mol. The van der Waals surface area contributed by atoms with Gasteiger partial charge < -0.3 is 29.0 Å². The fraction of sp³-hybridized carbons (Fsp3) is 0.625. The van der Waals surface area contributed by atoms with Crippen LogP contribution in [-0.4, -0.2) is 61.5 Å². The van der Waals surface area contributed by atoms with Gasteiger partial charge in [0.25, 0.3) is 0 Å². The van der Waals surface area contributed by atoms with Gasteiger partial charge in [0.05, 0.1) is 33.0 Å². The fourth-order valence-corrected chi connectivity index (χ4v) is 6.61. The number of carbonyl (C=O) groups is 3. The minimum atomic E-state index is -0.982. The van der Waals surface area contributed by atoms with E-state index in [0.717, 1.165) is 48.8 Å². The first-order chi connectivity index (χ1) is 23.4. The number of nitrogens with one attached hydrogen (secondary N) is 1. The Kier molecular flexibility index (Phi) is 17.1. The number of ether oxygens (including phenoxy) is 5. The molecule has 1 amide bonds. The molecule has 2 aromatic carbocycles. The quantitative estimate of drug-likeness (QED) is 0.135. The summed E-state index contributed by atoms with van der Waals surface area (Å²) in [5.74, 6) is 1.39. The summed E-state index contributed by atoms with van der Waals surface area (Å²) in [6.45, 7) is 17.5. The Morgan fingerprint density at radius 1 is 0.820 bits per heavy atom. The molecule has 2 aromatic rings. The van der Waals surface area contributed by atoms with Crippen LogP contribution in [0.15, 0.2) is 36.4 Å². The van der Waals surface area contributed by atoms with E-state index in [2.05, 4.69) is 12.2 Å². The van der Waals surface area contributed by atoms with E-state index in [4.69, 9.17) is 23.7 Å². The Hall–Kier alpha value is -3.24. The highest BCUT2D eigenvalue weighted by Crippen LogP contribution is 2.37. The maximum Gasteiger partial charge on any atom is 0.224 e. The second-order valence-corrected chi connectivity index (χ2v) is 15.8. The van der Waals surface area contributed by atoms with Crippen LogP contribution in [0.3, 0.4) is 0 Å². The van der Waals surface area contributed by atoms with Crippen LogP contribution in [0.25, 0.3) is 0 Å². The molecule has 280 valence electrons. The summed E-state index contributed by atoms with van der Waals surface area (Å²) in [5.41, 5.74) is 0.658. The van der Waals surface area contributed by atoms with Gasteiger partial charge in [0.2, 0.25) is 11.0 Å². The van der Waals surface area contributed by atoms with Gasteiger partial charge in [-0.3, -0.25) is 14.4 Å². The number of rotatable bonds is 20. The van der Waals surface area contributed by atoms with Gasteiger partial charge in [0.15, 0.2) is 0 Å². The van der Waals surface area contributed by atoms with Gasteiger partial charge in [0.1, 0.15) is 40.4 Å². The zero-order valence-electron chi connectivity index (χ0n) is 32.4. The summed E-state index contributed by atoms with van der Waals surface area (Å²) in [4.78, 5) is 41.7. The summed E-state index contributed by atoms with van der Waals surface area (Å²) >= 11 is 1.04. The number of benzene rings is 2. The molecule has 1 N–H and O–H groups in total. The van der Waals surface area contributed by atoms with E-state index in [9.17, 15) is 14.4 Å². The highest BCUT2D eigenvalue weighted by Gasteiger charge is 2.34. The van der Waals surface area contributed by atoms with Crippen LogP contribution in [0.1, 0.15) is 106 Å². The smallest absolute Gasteiger partial charge is 0.224 e. The number of carbonyl (C=O) groups excluding carboxylic acids is 3. The van der Waals surface area contributed by atoms with Gasteiger partial charge in [-0.15, -0.1) is 0 Å². The minimum Gasteiger partial charge on any atom is -0.496 e. The van der Waals surface area contributed by atoms with E-state index in [1.165, 1.54) is 0 Å². The summed E-state index contributed by atoms with van der Waals surface area (Å²) in [7, 11) is 4.65. The SMILES string of the molecule is CCCCC[C@H](C)C(=O)C[C@@H](Cc1ccc(OC(C)(C)C)cc1)C(=O)N[C@H](C(=O)SCc1c(OC)cc(OC)cc1OC)[C@@H](C)OC(C)(C)C. The van der Waals surface area contributed by atoms with Crippen LogP contribution < -0.4 is 24.3 Å². The Bertz CT molecular complexity index is 1350. The zero-order valence-corrected chi connectivity index (χ0v) is 33.2. The van der Waals surface area contributed by atoms with Crippen molar-refractivity contribution in [1.29, 1.82) is 0 Å². The van der Waals surface area contributed by atoms with Crippen molar-refractivity contribution in [2.24, 2.45) is 11.8 Å². The maximum absolute atomic E-state index is 14.2. The van der Waals surface area contributed by atoms with Crippen LogP contribution in [0.2, 0.25) is 0 Å². The van der Waals surface area contributed by atoms with Crippen molar-refractivity contribution in [3.05, 3.63) is 47.5 Å². The lowest BCUT2D eigenvalue weighted by molar-refractivity contribution is -0.135. The number of methoxy groups -OCH3 is 3. The molecule has 0 aromatic heterocycles. The molecule has 2 rings (SSSR count). The number of ketones is 1. The minimum absolute atomic E-state index is 0.0453. The number of hydrogen-bond donors (Lipinski definition) is 1. The molecule has 10 heteroatoms. The van der Waals surface area contributed by atoms with Gasteiger partial charge >= 0.3 is 0 Å². The average Bonchev–Trinajstić information content (AvgIpc) is 3.04. The molecule has 0 saturated carbocycles. The Morgan fingerprint density at radius 2 is 1.42 bits per heavy atom. The summed E-state index contributed by atoms with van der Waals surface area (Å²) in [5, 5.41) is 2.74. The summed E-state index contributed by atoms with van der Waals surface area (Å²) in [6.07, 6.45) is 3.63. The highest BCUT2D eigenvalue weighted by atomic mass is 32.2. The molecule has 0 fully saturated rings. The molecule has 0 radical (unpaired) electrons. The lowest BCUT2D eigenvalue weighted by atomic mass is 9.87. The molecule has 0 heterocycles. The van der Waals surface area contributed by atoms with Crippen molar-refractivity contribution in [3.63, 3.8) is 0 Å². The van der Waals surface area contributed by atoms with Crippen molar-refractivity contribution < 1.29 is 38.1 Å². The summed E-state index contributed by atoms with van der Waals surface area (Å²) < 4.78 is 28.8. The van der Waals surface area contributed by atoms with E-state index < -0.39 is 23.7 Å². The van der Waals surface area contributed by atoms with Gasteiger partial charge in [0, 0.05) is 41.7 Å². The predicted octanol–water partition coefficient (Wildman–Crippen LogP) is 8.37. The molecular weight excluding hydrogens is 655 g/mol. The molecular formula is C40H61NO8S. The van der Waals surface area contributed by atoms with Crippen molar-refractivity contribution in [2.45, 2.75) is 130 Å². The standard InChI is InChI=1S/C40H61NO8S/c1-13-14-15-16-26(2)33(42)22-29(21-28-17-19-30(20-18-28)49-40(7,8)9)37(43)41-36(27(3)48-39(4,5)6)38(44)50-25-32-34(46-11)23-31(45-10)24-35(32)47-12/h17-20,23-24,26-27,29,36H,13-16,21-22,25H2,1-12H3,(H,41,43)/t26-,27+,29+,36-/m0/s1. The molecule has 4 atom stereocenters. The number of unbranched alkanes of at least 4 members (excludes halogenated alkanes) is 2. The largest absolute Gasteiger partial charge is 0.496 e. The molecule has 0 saturated heterocycles. The average molecular weight is 716 g/mol. The lowest BCUT2D eigenvalue weighted by Crippen LogP contribution is -2.51. The molecule has 0 spiro atoms. The summed E-state index contributed by atoms with van der Waals surface area (Å²) in [6, 6.07) is 10.1. The lowest BCUT2D eigenvalue weighted by Gasteiger charge is -2.31. The molecule has 0 unspecified atom stereocenters. The zero-order chi connectivity index (χ0) is 37.6. The third kappa shape index (κ3) is 14.5. The van der Waals surface area contributed by atoms with E-state index >= 15 is 0 Å². The predicted molar refractivity (Wildman–Crippen MR) is 202 cm³/mol. The van der Waals surface area contributed by atoms with Crippen molar-refractivity contribution >= 4 is 28.6 Å². The van der Waals surface area contributed by atoms with E-state index in [-0.39, 0.29) is 40.5 Å². The molecule has 50 heavy (non-hydrogen) atoms. The molecule has 0 aliphatic heterocycles.